The van der Waals surface area contributed by atoms with Crippen LogP contribution in [0.25, 0.3) is 10.9 Å². The molecule has 3 heterocycles. The van der Waals surface area contributed by atoms with E-state index in [2.05, 4.69) is 42.8 Å². The lowest BCUT2D eigenvalue weighted by atomic mass is 10.2. The number of hydrogen-bond acceptors (Lipinski definition) is 10. The summed E-state index contributed by atoms with van der Waals surface area (Å²) in [4.78, 5) is 27.5. The zero-order valence-corrected chi connectivity index (χ0v) is 24.6. The van der Waals surface area contributed by atoms with E-state index in [1.54, 1.807) is 31.0 Å². The van der Waals surface area contributed by atoms with Crippen molar-refractivity contribution < 1.29 is 14.3 Å². The number of rotatable bonds is 10. The Morgan fingerprint density at radius 3 is 2.69 bits per heavy atom. The lowest BCUT2D eigenvalue weighted by Gasteiger charge is -2.32. The maximum atomic E-state index is 12.6. The van der Waals surface area contributed by atoms with Crippen molar-refractivity contribution in [2.45, 2.75) is 16.8 Å². The lowest BCUT2D eigenvalue weighted by molar-refractivity contribution is 0.0953. The van der Waals surface area contributed by atoms with E-state index in [0.29, 0.717) is 29.5 Å². The molecule has 1 aromatic heterocycles. The van der Waals surface area contributed by atoms with Gasteiger partial charge in [-0.25, -0.2) is 9.97 Å². The third-order valence-corrected chi connectivity index (χ3v) is 8.55. The number of amides is 1. The number of methoxy groups -OCH3 is 1. The van der Waals surface area contributed by atoms with Gasteiger partial charge in [-0.15, -0.1) is 0 Å². The van der Waals surface area contributed by atoms with Crippen molar-refractivity contribution >= 4 is 45.8 Å². The van der Waals surface area contributed by atoms with E-state index < -0.39 is 0 Å². The van der Waals surface area contributed by atoms with E-state index in [1.807, 2.05) is 48.5 Å². The smallest absolute Gasteiger partial charge is 0.253 e. The highest BCUT2D eigenvalue weighted by molar-refractivity contribution is 8.00. The van der Waals surface area contributed by atoms with E-state index in [-0.39, 0.29) is 11.4 Å². The SMILES string of the molecule is COc1cc2ncnc(Nc3ccc4c(c3)NC(NC(=O)c3ccccc3)S4)c2cc1OCCCN1CCN(C)CC1. The topological polar surface area (TPSA) is 104 Å². The number of likely N-dealkylation sites (N-methyl/N-ethyl adjacent to an activating group) is 1. The van der Waals surface area contributed by atoms with Crippen molar-refractivity contribution in [2.75, 3.05) is 64.1 Å². The molecule has 0 saturated carbocycles. The molecule has 10 nitrogen and oxygen atoms in total. The fourth-order valence-corrected chi connectivity index (χ4v) is 6.09. The number of aromatic nitrogens is 2. The summed E-state index contributed by atoms with van der Waals surface area (Å²) in [6, 6.07) is 19.1. The van der Waals surface area contributed by atoms with E-state index >= 15 is 0 Å². The van der Waals surface area contributed by atoms with Crippen LogP contribution in [0.4, 0.5) is 17.2 Å². The molecule has 0 radical (unpaired) electrons. The molecule has 218 valence electrons. The van der Waals surface area contributed by atoms with Crippen molar-refractivity contribution in [3.63, 3.8) is 0 Å². The van der Waals surface area contributed by atoms with Gasteiger partial charge in [0.25, 0.3) is 5.91 Å². The summed E-state index contributed by atoms with van der Waals surface area (Å²) in [6.07, 6.45) is 2.48. The molecule has 2 aliphatic rings. The standard InChI is InChI=1S/C31H35N7O3S/c1-37-12-14-38(15-13-37)11-6-16-41-27-18-23-24(19-26(27)40-2)32-20-33-29(23)34-22-9-10-28-25(17-22)35-31(42-28)36-30(39)21-7-4-3-5-8-21/h3-5,7-10,17-20,31,35H,6,11-16H2,1-2H3,(H,36,39)(H,32,33,34). The number of carbonyl (C=O) groups is 1. The van der Waals surface area contributed by atoms with Gasteiger partial charge in [0.1, 0.15) is 12.1 Å². The highest BCUT2D eigenvalue weighted by atomic mass is 32.2. The van der Waals surface area contributed by atoms with E-state index in [4.69, 9.17) is 9.47 Å². The molecule has 1 fully saturated rings. The van der Waals surface area contributed by atoms with Crippen LogP contribution in [0.5, 0.6) is 11.5 Å². The normalized spacial score (nSPS) is 17.0. The Morgan fingerprint density at radius 2 is 1.88 bits per heavy atom. The fraction of sp³-hybridized carbons (Fsp3) is 0.323. The molecule has 0 spiro atoms. The van der Waals surface area contributed by atoms with Gasteiger partial charge in [-0.2, -0.15) is 0 Å². The zero-order valence-electron chi connectivity index (χ0n) is 23.8. The average Bonchev–Trinajstić information content (AvgIpc) is 3.42. The summed E-state index contributed by atoms with van der Waals surface area (Å²) in [7, 11) is 3.81. The number of ether oxygens (including phenoxy) is 2. The molecule has 1 atom stereocenters. The molecular formula is C31H35N7O3S. The second-order valence-corrected chi connectivity index (χ2v) is 11.6. The molecule has 11 heteroatoms. The van der Waals surface area contributed by atoms with Crippen LogP contribution in [-0.2, 0) is 0 Å². The van der Waals surface area contributed by atoms with Gasteiger partial charge in [-0.05, 0) is 49.9 Å². The minimum absolute atomic E-state index is 0.119. The van der Waals surface area contributed by atoms with E-state index in [0.717, 1.165) is 66.3 Å². The van der Waals surface area contributed by atoms with Gasteiger partial charge in [-0.1, -0.05) is 30.0 Å². The monoisotopic (exact) mass is 585 g/mol. The summed E-state index contributed by atoms with van der Waals surface area (Å²) < 4.78 is 11.8. The van der Waals surface area contributed by atoms with Crippen LogP contribution in [-0.4, -0.2) is 84.7 Å². The largest absolute Gasteiger partial charge is 0.493 e. The molecule has 1 saturated heterocycles. The van der Waals surface area contributed by atoms with Crippen LogP contribution >= 0.6 is 11.8 Å². The molecule has 1 unspecified atom stereocenters. The van der Waals surface area contributed by atoms with Crippen molar-refractivity contribution in [3.8, 4) is 11.5 Å². The maximum absolute atomic E-state index is 12.6. The Kier molecular flexibility index (Phi) is 8.59. The predicted molar refractivity (Wildman–Crippen MR) is 167 cm³/mol. The highest BCUT2D eigenvalue weighted by Crippen LogP contribution is 2.40. The van der Waals surface area contributed by atoms with Gasteiger partial charge < -0.3 is 35.2 Å². The van der Waals surface area contributed by atoms with Gasteiger partial charge in [-0.3, -0.25) is 4.79 Å². The first-order chi connectivity index (χ1) is 20.6. The summed E-state index contributed by atoms with van der Waals surface area (Å²) >= 11 is 1.57. The minimum Gasteiger partial charge on any atom is -0.493 e. The second kappa shape index (κ2) is 12.8. The third kappa shape index (κ3) is 6.53. The molecule has 42 heavy (non-hydrogen) atoms. The highest BCUT2D eigenvalue weighted by Gasteiger charge is 2.24. The quantitative estimate of drug-likeness (QED) is 0.228. The Hall–Kier alpha value is -4.06. The average molecular weight is 586 g/mol. The summed E-state index contributed by atoms with van der Waals surface area (Å²) in [5.41, 5.74) is 2.93. The first-order valence-corrected chi connectivity index (χ1v) is 15.0. The van der Waals surface area contributed by atoms with E-state index in [1.165, 1.54) is 6.33 Å². The van der Waals surface area contributed by atoms with E-state index in [9.17, 15) is 4.79 Å². The molecule has 3 N–H and O–H groups in total. The Morgan fingerprint density at radius 1 is 1.05 bits per heavy atom. The molecule has 2 aliphatic heterocycles. The van der Waals surface area contributed by atoms with Crippen LogP contribution in [0, 0.1) is 0 Å². The number of fused-ring (bicyclic) bond motifs is 2. The Bertz CT molecular complexity index is 1550. The molecule has 3 aromatic carbocycles. The Labute approximate surface area is 249 Å². The van der Waals surface area contributed by atoms with Gasteiger partial charge in [0.15, 0.2) is 17.0 Å². The van der Waals surface area contributed by atoms with Gasteiger partial charge in [0.2, 0.25) is 0 Å². The number of hydrogen-bond donors (Lipinski definition) is 3. The van der Waals surface area contributed by atoms with Crippen LogP contribution in [0.3, 0.4) is 0 Å². The molecular weight excluding hydrogens is 550 g/mol. The molecule has 4 aromatic rings. The number of benzene rings is 3. The minimum atomic E-state index is -0.258. The van der Waals surface area contributed by atoms with Crippen molar-refractivity contribution in [1.82, 2.24) is 25.1 Å². The van der Waals surface area contributed by atoms with Crippen LogP contribution < -0.4 is 25.4 Å². The first kappa shape index (κ1) is 28.1. The number of thioether (sulfide) groups is 1. The zero-order chi connectivity index (χ0) is 28.9. The van der Waals surface area contributed by atoms with Crippen LogP contribution in [0.1, 0.15) is 16.8 Å². The van der Waals surface area contributed by atoms with Crippen LogP contribution in [0.15, 0.2) is 71.9 Å². The number of nitrogens with one attached hydrogen (secondary N) is 3. The number of anilines is 3. The van der Waals surface area contributed by atoms with Crippen molar-refractivity contribution in [3.05, 3.63) is 72.6 Å². The van der Waals surface area contributed by atoms with Crippen LogP contribution in [0.2, 0.25) is 0 Å². The summed E-state index contributed by atoms with van der Waals surface area (Å²) in [5, 5.41) is 10.7. The number of carbonyl (C=O) groups excluding carboxylic acids is 1. The second-order valence-electron chi connectivity index (χ2n) is 10.4. The van der Waals surface area contributed by atoms with Gasteiger partial charge in [0, 0.05) is 60.3 Å². The maximum Gasteiger partial charge on any atom is 0.253 e. The lowest BCUT2D eigenvalue weighted by Crippen LogP contribution is -2.44. The van der Waals surface area contributed by atoms with Gasteiger partial charge >= 0.3 is 0 Å². The molecule has 0 aliphatic carbocycles. The summed E-state index contributed by atoms with van der Waals surface area (Å²) in [6.45, 7) is 6.03. The number of nitrogens with zero attached hydrogens (tertiary/aromatic N) is 4. The Balaban J connectivity index is 1.12. The first-order valence-electron chi connectivity index (χ1n) is 14.1. The van der Waals surface area contributed by atoms with Crippen molar-refractivity contribution in [1.29, 1.82) is 0 Å². The molecule has 0 bridgehead atoms. The number of piperazine rings is 1. The van der Waals surface area contributed by atoms with Crippen molar-refractivity contribution in [2.24, 2.45) is 0 Å². The molecule has 6 rings (SSSR count). The molecule has 1 amide bonds. The van der Waals surface area contributed by atoms with Gasteiger partial charge in [0.05, 0.1) is 24.9 Å². The third-order valence-electron chi connectivity index (χ3n) is 7.46. The fourth-order valence-electron chi connectivity index (χ4n) is 5.09. The predicted octanol–water partition coefficient (Wildman–Crippen LogP) is 4.63. The summed E-state index contributed by atoms with van der Waals surface area (Å²) in [5.74, 6) is 1.87.